The first-order chi connectivity index (χ1) is 15.3. The Morgan fingerprint density at radius 2 is 1.66 bits per heavy atom. The van der Waals surface area contributed by atoms with Gasteiger partial charge in [-0.25, -0.2) is 9.79 Å². The maximum Gasteiger partial charge on any atom is 0.363 e. The molecule has 0 aromatic heterocycles. The smallest absolute Gasteiger partial charge is 0.363 e. The molecule has 0 atom stereocenters. The number of nitrogens with zero attached hydrogens (tertiary/aromatic N) is 1. The van der Waals surface area contributed by atoms with Crippen LogP contribution in [0.4, 0.5) is 0 Å². The molecule has 3 aromatic carbocycles. The van der Waals surface area contributed by atoms with Crippen molar-refractivity contribution in [1.82, 2.24) is 0 Å². The Kier molecular flexibility index (Phi) is 7.55. The average Bonchev–Trinajstić information content (AvgIpc) is 3.11. The number of carbonyl (C=O) groups excluding carboxylic acids is 1. The van der Waals surface area contributed by atoms with Crippen LogP contribution in [0.15, 0.2) is 65.3 Å². The fourth-order valence-corrected chi connectivity index (χ4v) is 5.65. The molecule has 4 nitrogen and oxygen atoms in total. The largest absolute Gasteiger partial charge is 0.487 e. The van der Waals surface area contributed by atoms with Crippen LogP contribution in [0.3, 0.4) is 0 Å². The second-order valence-electron chi connectivity index (χ2n) is 7.33. The molecule has 3 aromatic rings. The van der Waals surface area contributed by atoms with E-state index in [1.807, 2.05) is 49.4 Å². The van der Waals surface area contributed by atoms with Crippen molar-refractivity contribution in [3.8, 4) is 5.75 Å². The molecular weight excluding hydrogens is 743 g/mol. The Labute approximate surface area is 227 Å². The molecule has 1 heterocycles. The Morgan fingerprint density at radius 3 is 2.34 bits per heavy atom. The number of aryl methyl sites for hydroxylation is 2. The van der Waals surface area contributed by atoms with Gasteiger partial charge in [-0.05, 0) is 140 Å². The van der Waals surface area contributed by atoms with E-state index in [4.69, 9.17) is 9.47 Å². The average molecular weight is 761 g/mol. The second kappa shape index (κ2) is 10.2. The van der Waals surface area contributed by atoms with Gasteiger partial charge >= 0.3 is 5.97 Å². The van der Waals surface area contributed by atoms with Gasteiger partial charge in [0.1, 0.15) is 12.4 Å². The zero-order valence-electron chi connectivity index (χ0n) is 17.3. The number of hydrogen-bond donors (Lipinski definition) is 0. The minimum atomic E-state index is -0.443. The fraction of sp³-hybridized carbons (Fsp3) is 0.120. The maximum absolute atomic E-state index is 12.4. The van der Waals surface area contributed by atoms with Crippen LogP contribution in [0.2, 0.25) is 0 Å². The van der Waals surface area contributed by atoms with Gasteiger partial charge in [-0.2, -0.15) is 0 Å². The standard InChI is InChI=1S/C25H18I3NO3/c1-14-5-3-4-6-18(14)13-31-23-20(27)10-16(11-21(23)28)12-22-25(30)32-24(29-22)17-7-8-19(26)15(2)9-17/h3-12H,13H2,1-2H3/b22-12-. The first-order valence-corrected chi connectivity index (χ1v) is 13.0. The van der Waals surface area contributed by atoms with Crippen LogP contribution in [-0.2, 0) is 16.1 Å². The van der Waals surface area contributed by atoms with E-state index in [0.717, 1.165) is 38.7 Å². The van der Waals surface area contributed by atoms with Gasteiger partial charge < -0.3 is 9.47 Å². The molecule has 0 amide bonds. The highest BCUT2D eigenvalue weighted by atomic mass is 127. The van der Waals surface area contributed by atoms with Crippen LogP contribution in [0.1, 0.15) is 27.8 Å². The van der Waals surface area contributed by atoms with Crippen LogP contribution in [0.25, 0.3) is 6.08 Å². The Balaban J connectivity index is 1.57. The predicted molar refractivity (Wildman–Crippen MR) is 152 cm³/mol. The van der Waals surface area contributed by atoms with E-state index < -0.39 is 5.97 Å². The van der Waals surface area contributed by atoms with Crippen molar-refractivity contribution in [2.24, 2.45) is 4.99 Å². The Bertz CT molecular complexity index is 1260. The highest BCUT2D eigenvalue weighted by Gasteiger charge is 2.24. The molecule has 1 aliphatic rings. The van der Waals surface area contributed by atoms with Crippen LogP contribution >= 0.6 is 67.8 Å². The van der Waals surface area contributed by atoms with Crippen molar-refractivity contribution in [3.05, 3.63) is 98.8 Å². The van der Waals surface area contributed by atoms with Gasteiger partial charge in [0, 0.05) is 9.13 Å². The first kappa shape index (κ1) is 23.7. The summed E-state index contributed by atoms with van der Waals surface area (Å²) < 4.78 is 14.6. The van der Waals surface area contributed by atoms with Crippen molar-refractivity contribution < 1.29 is 14.3 Å². The number of benzene rings is 3. The SMILES string of the molecule is Cc1cc(C2=N/C(=C\c3cc(I)c(OCc4ccccc4C)c(I)c3)C(=O)O2)ccc1I. The minimum absolute atomic E-state index is 0.288. The maximum atomic E-state index is 12.4. The van der Waals surface area contributed by atoms with E-state index in [0.29, 0.717) is 12.5 Å². The number of ether oxygens (including phenoxy) is 2. The summed E-state index contributed by atoms with van der Waals surface area (Å²) in [5, 5.41) is 0. The number of aliphatic imine (C=N–C) groups is 1. The van der Waals surface area contributed by atoms with Gasteiger partial charge in [-0.1, -0.05) is 24.3 Å². The van der Waals surface area contributed by atoms with Crippen molar-refractivity contribution in [2.75, 3.05) is 0 Å². The Morgan fingerprint density at radius 1 is 0.938 bits per heavy atom. The predicted octanol–water partition coefficient (Wildman–Crippen LogP) is 7.04. The summed E-state index contributed by atoms with van der Waals surface area (Å²) in [7, 11) is 0. The van der Waals surface area contributed by atoms with Crippen LogP contribution in [0, 0.1) is 24.6 Å². The van der Waals surface area contributed by atoms with Crippen molar-refractivity contribution >= 4 is 85.7 Å². The molecular formula is C25H18I3NO3. The van der Waals surface area contributed by atoms with Crippen LogP contribution in [0.5, 0.6) is 5.75 Å². The zero-order valence-corrected chi connectivity index (χ0v) is 23.8. The molecule has 4 rings (SSSR count). The van der Waals surface area contributed by atoms with Gasteiger partial charge in [0.25, 0.3) is 0 Å². The lowest BCUT2D eigenvalue weighted by Crippen LogP contribution is -2.05. The number of cyclic esters (lactones) is 1. The van der Waals surface area contributed by atoms with E-state index in [2.05, 4.69) is 91.8 Å². The summed E-state index contributed by atoms with van der Waals surface area (Å²) >= 11 is 6.80. The number of halogens is 3. The lowest BCUT2D eigenvalue weighted by molar-refractivity contribution is -0.129. The molecule has 0 unspecified atom stereocenters. The normalized spacial score (nSPS) is 14.5. The third-order valence-electron chi connectivity index (χ3n) is 4.98. The van der Waals surface area contributed by atoms with Gasteiger partial charge in [0.05, 0.1) is 7.14 Å². The number of rotatable bonds is 5. The van der Waals surface area contributed by atoms with E-state index >= 15 is 0 Å². The molecule has 0 fully saturated rings. The molecule has 7 heteroatoms. The third kappa shape index (κ3) is 5.36. The lowest BCUT2D eigenvalue weighted by Gasteiger charge is -2.13. The highest BCUT2D eigenvalue weighted by Crippen LogP contribution is 2.31. The monoisotopic (exact) mass is 761 g/mol. The molecule has 1 aliphatic heterocycles. The van der Waals surface area contributed by atoms with Gasteiger partial charge in [0.2, 0.25) is 5.90 Å². The molecule has 0 saturated carbocycles. The molecule has 0 aliphatic carbocycles. The topological polar surface area (TPSA) is 47.9 Å². The van der Waals surface area contributed by atoms with Crippen molar-refractivity contribution in [2.45, 2.75) is 20.5 Å². The summed E-state index contributed by atoms with van der Waals surface area (Å²) in [5.74, 6) is 0.730. The summed E-state index contributed by atoms with van der Waals surface area (Å²) in [4.78, 5) is 16.8. The quantitative estimate of drug-likeness (QED) is 0.159. The van der Waals surface area contributed by atoms with E-state index in [1.54, 1.807) is 6.08 Å². The molecule has 0 bridgehead atoms. The first-order valence-electron chi connectivity index (χ1n) is 9.77. The number of carbonyl (C=O) groups is 1. The number of esters is 1. The fourth-order valence-electron chi connectivity index (χ4n) is 3.19. The van der Waals surface area contributed by atoms with Gasteiger partial charge in [-0.3, -0.25) is 0 Å². The van der Waals surface area contributed by atoms with E-state index in [1.165, 1.54) is 5.56 Å². The van der Waals surface area contributed by atoms with Crippen LogP contribution < -0.4 is 4.74 Å². The summed E-state index contributed by atoms with van der Waals surface area (Å²) in [6, 6.07) is 18.0. The highest BCUT2D eigenvalue weighted by molar-refractivity contribution is 14.1. The molecule has 32 heavy (non-hydrogen) atoms. The zero-order chi connectivity index (χ0) is 22.8. The summed E-state index contributed by atoms with van der Waals surface area (Å²) in [5.41, 5.74) is 5.44. The second-order valence-corrected chi connectivity index (χ2v) is 10.8. The minimum Gasteiger partial charge on any atom is -0.487 e. The summed E-state index contributed by atoms with van der Waals surface area (Å²) in [6.45, 7) is 4.61. The Hall–Kier alpha value is -1.47. The van der Waals surface area contributed by atoms with E-state index in [9.17, 15) is 4.79 Å². The van der Waals surface area contributed by atoms with Gasteiger partial charge in [0.15, 0.2) is 5.70 Å². The number of hydrogen-bond acceptors (Lipinski definition) is 4. The molecule has 0 spiro atoms. The third-order valence-corrected chi connectivity index (χ3v) is 7.80. The molecule has 0 N–H and O–H groups in total. The van der Waals surface area contributed by atoms with Crippen molar-refractivity contribution in [3.63, 3.8) is 0 Å². The molecule has 0 saturated heterocycles. The lowest BCUT2D eigenvalue weighted by atomic mass is 10.1. The van der Waals surface area contributed by atoms with Crippen molar-refractivity contribution in [1.29, 1.82) is 0 Å². The molecule has 0 radical (unpaired) electrons. The van der Waals surface area contributed by atoms with E-state index in [-0.39, 0.29) is 5.70 Å². The summed E-state index contributed by atoms with van der Waals surface area (Å²) in [6.07, 6.45) is 1.75. The molecule has 162 valence electrons. The van der Waals surface area contributed by atoms with Gasteiger partial charge in [-0.15, -0.1) is 0 Å². The van der Waals surface area contributed by atoms with Crippen LogP contribution in [-0.4, -0.2) is 11.9 Å².